The van der Waals surface area contributed by atoms with E-state index >= 15 is 0 Å². The zero-order chi connectivity index (χ0) is 20.1. The van der Waals surface area contributed by atoms with Gasteiger partial charge in [-0.3, -0.25) is 0 Å². The molecule has 1 heterocycles. The van der Waals surface area contributed by atoms with E-state index in [1.807, 2.05) is 79.7 Å². The van der Waals surface area contributed by atoms with Gasteiger partial charge in [0.05, 0.1) is 16.9 Å². The molecule has 0 unspecified atom stereocenters. The smallest absolute Gasteiger partial charge is 0.142 e. The van der Waals surface area contributed by atoms with Crippen molar-refractivity contribution in [2.75, 3.05) is 5.32 Å². The minimum Gasteiger partial charge on any atom is -0.391 e. The van der Waals surface area contributed by atoms with Gasteiger partial charge in [0.1, 0.15) is 18.8 Å². The predicted octanol–water partition coefficient (Wildman–Crippen LogP) is 6.08. The van der Waals surface area contributed by atoms with Gasteiger partial charge in [-0.2, -0.15) is 0 Å². The lowest BCUT2D eigenvalue weighted by molar-refractivity contribution is 0.130. The van der Waals surface area contributed by atoms with Crippen LogP contribution in [-0.4, -0.2) is 15.7 Å². The summed E-state index contributed by atoms with van der Waals surface area (Å²) in [5.41, 5.74) is 4.62. The highest BCUT2D eigenvalue weighted by molar-refractivity contribution is 9.10. The maximum absolute atomic E-state index is 5.52. The first-order valence-electron chi connectivity index (χ1n) is 9.18. The topological polar surface area (TPSA) is 59.4 Å². The highest BCUT2D eigenvalue weighted by atomic mass is 79.9. The molecule has 144 valence electrons. The highest BCUT2D eigenvalue weighted by Gasteiger charge is 2.08. The largest absolute Gasteiger partial charge is 0.391 e. The quantitative estimate of drug-likeness (QED) is 0.288. The van der Waals surface area contributed by atoms with Crippen molar-refractivity contribution in [3.8, 4) is 0 Å². The van der Waals surface area contributed by atoms with Crippen LogP contribution in [0.2, 0.25) is 0 Å². The molecule has 5 nitrogen and oxygen atoms in total. The van der Waals surface area contributed by atoms with Crippen molar-refractivity contribution in [2.24, 2.45) is 5.16 Å². The van der Waals surface area contributed by atoms with Crippen LogP contribution in [0.3, 0.4) is 0 Å². The Morgan fingerprint density at radius 2 is 1.79 bits per heavy atom. The van der Waals surface area contributed by atoms with Gasteiger partial charge in [-0.1, -0.05) is 53.7 Å². The van der Waals surface area contributed by atoms with E-state index in [0.29, 0.717) is 6.61 Å². The molecule has 4 rings (SSSR count). The first kappa shape index (κ1) is 19.1. The Morgan fingerprint density at radius 3 is 2.66 bits per heavy atom. The van der Waals surface area contributed by atoms with Crippen LogP contribution in [-0.2, 0) is 11.4 Å². The normalized spacial score (nSPS) is 11.4. The summed E-state index contributed by atoms with van der Waals surface area (Å²) in [6.45, 7) is 2.37. The fourth-order valence-electron chi connectivity index (χ4n) is 2.91. The van der Waals surface area contributed by atoms with Crippen LogP contribution in [0, 0.1) is 0 Å². The van der Waals surface area contributed by atoms with Gasteiger partial charge in [0.15, 0.2) is 0 Å². The van der Waals surface area contributed by atoms with E-state index in [0.717, 1.165) is 43.7 Å². The second kappa shape index (κ2) is 8.84. The third-order valence-corrected chi connectivity index (χ3v) is 5.15. The van der Waals surface area contributed by atoms with E-state index in [1.54, 1.807) is 6.33 Å². The molecule has 0 aliphatic carbocycles. The van der Waals surface area contributed by atoms with E-state index in [-0.39, 0.29) is 0 Å². The SMILES string of the molecule is CC(=NOCc1ccccc1)c1ccc(Br)c(Nc2ncnc3ccccc23)c1. The maximum atomic E-state index is 5.52. The van der Waals surface area contributed by atoms with Crippen molar-refractivity contribution >= 4 is 44.0 Å². The number of nitrogens with zero attached hydrogens (tertiary/aromatic N) is 3. The van der Waals surface area contributed by atoms with Gasteiger partial charge >= 0.3 is 0 Å². The van der Waals surface area contributed by atoms with Crippen LogP contribution in [0.25, 0.3) is 10.9 Å². The standard InChI is InChI=1S/C23H19BrN4O/c1-16(28-29-14-17-7-3-2-4-8-17)18-11-12-20(24)22(13-18)27-23-19-9-5-6-10-21(19)25-15-26-23/h2-13,15H,14H2,1H3,(H,25,26,27). The number of anilines is 2. The number of benzene rings is 3. The summed E-state index contributed by atoms with van der Waals surface area (Å²) in [6, 6.07) is 23.9. The van der Waals surface area contributed by atoms with E-state index in [9.17, 15) is 0 Å². The molecule has 0 spiro atoms. The van der Waals surface area contributed by atoms with Gasteiger partial charge in [-0.15, -0.1) is 0 Å². The van der Waals surface area contributed by atoms with Gasteiger partial charge in [0.2, 0.25) is 0 Å². The summed E-state index contributed by atoms with van der Waals surface area (Å²) in [7, 11) is 0. The zero-order valence-electron chi connectivity index (χ0n) is 15.8. The Kier molecular flexibility index (Phi) is 5.81. The molecule has 0 aliphatic rings. The zero-order valence-corrected chi connectivity index (χ0v) is 17.4. The molecular weight excluding hydrogens is 428 g/mol. The van der Waals surface area contributed by atoms with Crippen molar-refractivity contribution in [1.82, 2.24) is 9.97 Å². The molecule has 1 N–H and O–H groups in total. The minimum atomic E-state index is 0.437. The molecule has 4 aromatic rings. The minimum absolute atomic E-state index is 0.437. The van der Waals surface area contributed by atoms with Gasteiger partial charge in [-0.25, -0.2) is 9.97 Å². The first-order chi connectivity index (χ1) is 14.2. The molecule has 0 amide bonds. The number of rotatable bonds is 6. The molecule has 0 saturated carbocycles. The fraction of sp³-hybridized carbons (Fsp3) is 0.0870. The third kappa shape index (κ3) is 4.60. The summed E-state index contributed by atoms with van der Waals surface area (Å²) >= 11 is 3.61. The van der Waals surface area contributed by atoms with Crippen LogP contribution in [0.5, 0.6) is 0 Å². The van der Waals surface area contributed by atoms with E-state index in [1.165, 1.54) is 0 Å². The molecule has 0 atom stereocenters. The molecule has 0 aliphatic heterocycles. The number of para-hydroxylation sites is 1. The number of oxime groups is 1. The third-order valence-electron chi connectivity index (χ3n) is 4.46. The number of halogens is 1. The summed E-state index contributed by atoms with van der Waals surface area (Å²) in [5, 5.41) is 8.63. The molecule has 0 bridgehead atoms. The lowest BCUT2D eigenvalue weighted by Crippen LogP contribution is -2.01. The van der Waals surface area contributed by atoms with E-state index in [4.69, 9.17) is 4.84 Å². The first-order valence-corrected chi connectivity index (χ1v) is 9.97. The summed E-state index contributed by atoms with van der Waals surface area (Å²) < 4.78 is 0.932. The number of hydrogen-bond donors (Lipinski definition) is 1. The number of hydrogen-bond acceptors (Lipinski definition) is 5. The van der Waals surface area contributed by atoms with Gasteiger partial charge in [0.25, 0.3) is 0 Å². The molecule has 0 radical (unpaired) electrons. The second-order valence-corrected chi connectivity index (χ2v) is 7.35. The van der Waals surface area contributed by atoms with Crippen molar-refractivity contribution in [3.63, 3.8) is 0 Å². The second-order valence-electron chi connectivity index (χ2n) is 6.49. The molecule has 1 aromatic heterocycles. The van der Waals surface area contributed by atoms with Crippen molar-refractivity contribution in [1.29, 1.82) is 0 Å². The summed E-state index contributed by atoms with van der Waals surface area (Å²) in [4.78, 5) is 14.2. The van der Waals surface area contributed by atoms with Gasteiger partial charge in [0, 0.05) is 15.4 Å². The highest BCUT2D eigenvalue weighted by Crippen LogP contribution is 2.29. The lowest BCUT2D eigenvalue weighted by Gasteiger charge is -2.12. The Morgan fingerprint density at radius 1 is 1.00 bits per heavy atom. The van der Waals surface area contributed by atoms with Crippen LogP contribution >= 0.6 is 15.9 Å². The Balaban J connectivity index is 1.55. The Labute approximate surface area is 177 Å². The van der Waals surface area contributed by atoms with E-state index in [2.05, 4.69) is 36.4 Å². The molecular formula is C23H19BrN4O. The summed E-state index contributed by atoms with van der Waals surface area (Å²) in [5.74, 6) is 0.753. The number of fused-ring (bicyclic) bond motifs is 1. The van der Waals surface area contributed by atoms with Crippen LogP contribution < -0.4 is 5.32 Å². The van der Waals surface area contributed by atoms with Crippen LogP contribution in [0.15, 0.2) is 88.8 Å². The molecule has 3 aromatic carbocycles. The average molecular weight is 447 g/mol. The van der Waals surface area contributed by atoms with Crippen molar-refractivity contribution in [3.05, 3.63) is 94.7 Å². The van der Waals surface area contributed by atoms with Crippen LogP contribution in [0.1, 0.15) is 18.1 Å². The van der Waals surface area contributed by atoms with E-state index < -0.39 is 0 Å². The average Bonchev–Trinajstić information content (AvgIpc) is 2.76. The number of aromatic nitrogens is 2. The molecule has 29 heavy (non-hydrogen) atoms. The predicted molar refractivity (Wildman–Crippen MR) is 120 cm³/mol. The lowest BCUT2D eigenvalue weighted by atomic mass is 10.1. The summed E-state index contributed by atoms with van der Waals surface area (Å²) in [6.07, 6.45) is 1.56. The van der Waals surface area contributed by atoms with Crippen LogP contribution in [0.4, 0.5) is 11.5 Å². The molecule has 0 fully saturated rings. The van der Waals surface area contributed by atoms with Crippen molar-refractivity contribution < 1.29 is 4.84 Å². The molecule has 0 saturated heterocycles. The Hall–Kier alpha value is -3.25. The number of nitrogens with one attached hydrogen (secondary N) is 1. The Bertz CT molecular complexity index is 1160. The van der Waals surface area contributed by atoms with Gasteiger partial charge < -0.3 is 10.2 Å². The van der Waals surface area contributed by atoms with Gasteiger partial charge in [-0.05, 0) is 52.7 Å². The molecule has 6 heteroatoms. The van der Waals surface area contributed by atoms with Crippen molar-refractivity contribution in [2.45, 2.75) is 13.5 Å². The fourth-order valence-corrected chi connectivity index (χ4v) is 3.25. The monoisotopic (exact) mass is 446 g/mol. The maximum Gasteiger partial charge on any atom is 0.142 e.